The molecule has 1 aliphatic heterocycles. The molecular weight excluding hydrogens is 525 g/mol. The van der Waals surface area contributed by atoms with E-state index < -0.39 is 5.82 Å². The van der Waals surface area contributed by atoms with Crippen molar-refractivity contribution in [2.24, 2.45) is 0 Å². The molecule has 0 bridgehead atoms. The summed E-state index contributed by atoms with van der Waals surface area (Å²) in [6.45, 7) is 5.86. The number of aromatic nitrogens is 1. The average molecular weight is 554 g/mol. The second kappa shape index (κ2) is 13.4. The van der Waals surface area contributed by atoms with Crippen molar-refractivity contribution in [1.82, 2.24) is 10.3 Å². The Morgan fingerprint density at radius 3 is 2.95 bits per heavy atom. The molecule has 2 atom stereocenters. The monoisotopic (exact) mass is 553 g/mol. The summed E-state index contributed by atoms with van der Waals surface area (Å²) in [5.74, 6) is -0.492. The summed E-state index contributed by atoms with van der Waals surface area (Å²) in [4.78, 5) is 17.2. The van der Waals surface area contributed by atoms with Gasteiger partial charge in [-0.15, -0.1) is 0 Å². The lowest BCUT2D eigenvalue weighted by Crippen LogP contribution is -2.28. The van der Waals surface area contributed by atoms with Gasteiger partial charge in [-0.05, 0) is 38.1 Å². The van der Waals surface area contributed by atoms with E-state index in [-0.39, 0.29) is 28.8 Å². The average Bonchev–Trinajstić information content (AvgIpc) is 3.43. The van der Waals surface area contributed by atoms with Crippen molar-refractivity contribution in [2.75, 3.05) is 37.0 Å². The Morgan fingerprint density at radius 1 is 1.38 bits per heavy atom. The van der Waals surface area contributed by atoms with Crippen molar-refractivity contribution >= 4 is 45.5 Å². The zero-order valence-electron chi connectivity index (χ0n) is 21.6. The number of carbonyl (C=O) groups excluding carboxylic acids is 1. The molecule has 0 radical (unpaired) electrons. The van der Waals surface area contributed by atoms with Crippen molar-refractivity contribution in [1.29, 1.82) is 5.26 Å². The lowest BCUT2D eigenvalue weighted by molar-refractivity contribution is -0.111. The summed E-state index contributed by atoms with van der Waals surface area (Å²) in [6, 6.07) is 9.71. The third kappa shape index (κ3) is 7.43. The van der Waals surface area contributed by atoms with Crippen LogP contribution in [0.5, 0.6) is 5.75 Å². The molecule has 0 aliphatic carbocycles. The fourth-order valence-corrected chi connectivity index (χ4v) is 4.20. The van der Waals surface area contributed by atoms with Crippen LogP contribution in [0.2, 0.25) is 5.02 Å². The minimum absolute atomic E-state index is 0.0591. The summed E-state index contributed by atoms with van der Waals surface area (Å²) in [5, 5.41) is 19.4. The minimum atomic E-state index is -0.555. The van der Waals surface area contributed by atoms with Gasteiger partial charge >= 0.3 is 0 Å². The molecule has 4 rings (SSSR count). The molecule has 2 heterocycles. The van der Waals surface area contributed by atoms with Gasteiger partial charge in [-0.2, -0.15) is 5.26 Å². The second-order valence-corrected chi connectivity index (χ2v) is 9.19. The molecule has 1 aromatic heterocycles. The molecule has 3 N–H and O–H groups in total. The van der Waals surface area contributed by atoms with Gasteiger partial charge in [0.25, 0.3) is 0 Å². The number of nitrogens with one attached hydrogen (secondary N) is 3. The van der Waals surface area contributed by atoms with Crippen LogP contribution in [0.25, 0.3) is 10.9 Å². The van der Waals surface area contributed by atoms with E-state index >= 15 is 0 Å². The SMILES string of the molecule is CCOC(C)NC/C=C/C(=O)Nc1cc2c(Nc3ccc(F)c(Cl)c3)c(C#N)cnc2cc1OC1CCOC1. The number of halogens is 2. The lowest BCUT2D eigenvalue weighted by atomic mass is 10.1. The molecule has 0 spiro atoms. The molecule has 9 nitrogen and oxygen atoms in total. The smallest absolute Gasteiger partial charge is 0.248 e. The molecule has 2 aromatic carbocycles. The highest BCUT2D eigenvalue weighted by Crippen LogP contribution is 2.37. The number of nitrogens with zero attached hydrogens (tertiary/aromatic N) is 2. The van der Waals surface area contributed by atoms with Crippen LogP contribution in [0.1, 0.15) is 25.8 Å². The molecule has 1 saturated heterocycles. The predicted molar refractivity (Wildman–Crippen MR) is 148 cm³/mol. The molecule has 1 amide bonds. The Balaban J connectivity index is 1.67. The van der Waals surface area contributed by atoms with Gasteiger partial charge in [-0.3, -0.25) is 15.1 Å². The highest BCUT2D eigenvalue weighted by atomic mass is 35.5. The van der Waals surface area contributed by atoms with Gasteiger partial charge in [0.15, 0.2) is 0 Å². The van der Waals surface area contributed by atoms with Gasteiger partial charge < -0.3 is 24.8 Å². The van der Waals surface area contributed by atoms with Crippen LogP contribution in [-0.4, -0.2) is 49.6 Å². The molecule has 204 valence electrons. The van der Waals surface area contributed by atoms with Gasteiger partial charge in [-0.25, -0.2) is 4.39 Å². The number of rotatable bonds is 11. The zero-order valence-corrected chi connectivity index (χ0v) is 22.3. The number of hydrogen-bond acceptors (Lipinski definition) is 8. The molecule has 0 saturated carbocycles. The van der Waals surface area contributed by atoms with Gasteiger partial charge in [0, 0.05) is 49.0 Å². The Labute approximate surface area is 230 Å². The summed E-state index contributed by atoms with van der Waals surface area (Å²) in [7, 11) is 0. The molecule has 1 aliphatic rings. The second-order valence-electron chi connectivity index (χ2n) is 8.78. The largest absolute Gasteiger partial charge is 0.486 e. The van der Waals surface area contributed by atoms with Crippen LogP contribution >= 0.6 is 11.6 Å². The van der Waals surface area contributed by atoms with Crippen LogP contribution in [0.15, 0.2) is 48.7 Å². The molecule has 39 heavy (non-hydrogen) atoms. The van der Waals surface area contributed by atoms with Crippen LogP contribution in [0.3, 0.4) is 0 Å². The Morgan fingerprint density at radius 2 is 2.23 bits per heavy atom. The number of fused-ring (bicyclic) bond motifs is 1. The standard InChI is InChI=1S/C28H29ClFN5O4/c1-3-38-17(2)32-9-4-5-27(36)35-25-12-21-24(13-26(25)39-20-8-10-37-16-20)33-15-18(14-31)28(21)34-19-6-7-23(30)22(29)11-19/h4-7,11-13,15,17,20,32H,3,8-10,16H2,1-2H3,(H,33,34)(H,35,36)/b5-4+. The van der Waals surface area contributed by atoms with Crippen molar-refractivity contribution in [3.05, 3.63) is 65.1 Å². The Kier molecular flexibility index (Phi) is 9.68. The van der Waals surface area contributed by atoms with E-state index in [1.54, 1.807) is 18.2 Å². The number of nitriles is 1. The number of pyridine rings is 1. The predicted octanol–water partition coefficient (Wildman–Crippen LogP) is 5.28. The topological polar surface area (TPSA) is 118 Å². The summed E-state index contributed by atoms with van der Waals surface area (Å²) in [6.07, 6.45) is 4.96. The summed E-state index contributed by atoms with van der Waals surface area (Å²) < 4.78 is 30.7. The first kappa shape index (κ1) is 28.3. The van der Waals surface area contributed by atoms with Gasteiger partial charge in [-0.1, -0.05) is 17.7 Å². The number of benzene rings is 2. The van der Waals surface area contributed by atoms with Gasteiger partial charge in [0.05, 0.1) is 40.7 Å². The van der Waals surface area contributed by atoms with Crippen molar-refractivity contribution < 1.29 is 23.4 Å². The lowest BCUT2D eigenvalue weighted by Gasteiger charge is -2.18. The molecule has 1 fully saturated rings. The highest BCUT2D eigenvalue weighted by Gasteiger charge is 2.21. The van der Waals surface area contributed by atoms with E-state index in [4.69, 9.17) is 25.8 Å². The van der Waals surface area contributed by atoms with E-state index in [2.05, 4.69) is 27.0 Å². The van der Waals surface area contributed by atoms with Crippen LogP contribution in [0, 0.1) is 17.1 Å². The maximum Gasteiger partial charge on any atom is 0.248 e. The van der Waals surface area contributed by atoms with Crippen molar-refractivity contribution in [3.8, 4) is 11.8 Å². The third-order valence-corrected chi connectivity index (χ3v) is 6.22. The number of hydrogen-bond donors (Lipinski definition) is 3. The van der Waals surface area contributed by atoms with E-state index in [1.807, 2.05) is 13.8 Å². The minimum Gasteiger partial charge on any atom is -0.486 e. The van der Waals surface area contributed by atoms with Crippen LogP contribution < -0.4 is 20.7 Å². The molecular formula is C28H29ClFN5O4. The molecule has 2 unspecified atom stereocenters. The van der Waals surface area contributed by atoms with E-state index in [9.17, 15) is 14.4 Å². The van der Waals surface area contributed by atoms with E-state index in [1.165, 1.54) is 30.5 Å². The van der Waals surface area contributed by atoms with Crippen LogP contribution in [-0.2, 0) is 14.3 Å². The Hall–Kier alpha value is -3.75. The highest BCUT2D eigenvalue weighted by molar-refractivity contribution is 6.31. The summed E-state index contributed by atoms with van der Waals surface area (Å²) in [5.41, 5.74) is 2.10. The quantitative estimate of drug-likeness (QED) is 0.217. The maximum atomic E-state index is 13.7. The fraction of sp³-hybridized carbons (Fsp3) is 0.321. The van der Waals surface area contributed by atoms with Gasteiger partial charge in [0.2, 0.25) is 5.91 Å². The molecule has 11 heteroatoms. The van der Waals surface area contributed by atoms with E-state index in [0.29, 0.717) is 66.5 Å². The zero-order chi connectivity index (χ0) is 27.8. The number of amides is 1. The summed E-state index contributed by atoms with van der Waals surface area (Å²) >= 11 is 5.96. The van der Waals surface area contributed by atoms with Crippen LogP contribution in [0.4, 0.5) is 21.5 Å². The van der Waals surface area contributed by atoms with Gasteiger partial charge in [0.1, 0.15) is 30.0 Å². The maximum absolute atomic E-state index is 13.7. The van der Waals surface area contributed by atoms with E-state index in [0.717, 1.165) is 0 Å². The number of anilines is 3. The Bertz CT molecular complexity index is 1400. The third-order valence-electron chi connectivity index (χ3n) is 5.93. The normalized spacial score (nSPS) is 15.8. The molecule has 3 aromatic rings. The van der Waals surface area contributed by atoms with Crippen molar-refractivity contribution in [2.45, 2.75) is 32.6 Å². The fourth-order valence-electron chi connectivity index (χ4n) is 4.02. The first-order chi connectivity index (χ1) is 18.9. The first-order valence-corrected chi connectivity index (χ1v) is 12.9. The van der Waals surface area contributed by atoms with Crippen molar-refractivity contribution in [3.63, 3.8) is 0 Å². The number of ether oxygens (including phenoxy) is 3. The first-order valence-electron chi connectivity index (χ1n) is 12.5. The number of carbonyl (C=O) groups is 1.